The van der Waals surface area contributed by atoms with Crippen LogP contribution in [0.25, 0.3) is 0 Å². The molecule has 0 radical (unpaired) electrons. The lowest BCUT2D eigenvalue weighted by atomic mass is 10.1. The zero-order valence-corrected chi connectivity index (χ0v) is 21.2. The van der Waals surface area contributed by atoms with Gasteiger partial charge in [0.15, 0.2) is 0 Å². The number of fused-ring (bicyclic) bond motifs is 3. The SMILES string of the molecule is O=C(c1ccc(Br)c(Cl)c1)N1CCn2c(c3n(c2=O)C[C@H](CO)CN(Cc2ccccc2)C3=O)C1. The molecule has 182 valence electrons. The maximum absolute atomic E-state index is 13.8. The van der Waals surface area contributed by atoms with Crippen molar-refractivity contribution in [3.05, 3.63) is 91.0 Å². The van der Waals surface area contributed by atoms with Crippen LogP contribution in [0, 0.1) is 5.92 Å². The molecule has 0 saturated heterocycles. The largest absolute Gasteiger partial charge is 0.396 e. The maximum atomic E-state index is 13.8. The highest BCUT2D eigenvalue weighted by atomic mass is 79.9. The first-order chi connectivity index (χ1) is 16.9. The molecule has 0 unspecified atom stereocenters. The minimum Gasteiger partial charge on any atom is -0.396 e. The predicted molar refractivity (Wildman–Crippen MR) is 134 cm³/mol. The Balaban J connectivity index is 1.50. The molecule has 3 aromatic rings. The van der Waals surface area contributed by atoms with Crippen molar-refractivity contribution < 1.29 is 14.7 Å². The van der Waals surface area contributed by atoms with Crippen LogP contribution < -0.4 is 5.69 Å². The Morgan fingerprint density at radius 1 is 1.06 bits per heavy atom. The number of aliphatic hydroxyl groups excluding tert-OH is 1. The number of hydrogen-bond donors (Lipinski definition) is 1. The molecule has 0 saturated carbocycles. The van der Waals surface area contributed by atoms with Crippen LogP contribution >= 0.6 is 27.5 Å². The monoisotopic (exact) mass is 558 g/mol. The molecule has 10 heteroatoms. The topological polar surface area (TPSA) is 87.8 Å². The number of benzene rings is 2. The summed E-state index contributed by atoms with van der Waals surface area (Å²) in [5.41, 5.74) is 1.96. The van der Waals surface area contributed by atoms with Gasteiger partial charge in [-0.2, -0.15) is 0 Å². The van der Waals surface area contributed by atoms with Gasteiger partial charge in [-0.1, -0.05) is 41.9 Å². The summed E-state index contributed by atoms with van der Waals surface area (Å²) in [5.74, 6) is -0.751. The van der Waals surface area contributed by atoms with Crippen LogP contribution in [-0.4, -0.2) is 55.6 Å². The summed E-state index contributed by atoms with van der Waals surface area (Å²) in [6.07, 6.45) is 0. The second-order valence-electron chi connectivity index (χ2n) is 8.92. The molecule has 2 aromatic carbocycles. The van der Waals surface area contributed by atoms with Gasteiger partial charge >= 0.3 is 5.69 Å². The van der Waals surface area contributed by atoms with E-state index in [4.69, 9.17) is 11.6 Å². The second kappa shape index (κ2) is 9.64. The molecule has 1 atom stereocenters. The van der Waals surface area contributed by atoms with Gasteiger partial charge in [0.1, 0.15) is 5.69 Å². The van der Waals surface area contributed by atoms with Gasteiger partial charge in [-0.3, -0.25) is 18.7 Å². The Labute approximate surface area is 215 Å². The lowest BCUT2D eigenvalue weighted by Gasteiger charge is -2.29. The van der Waals surface area contributed by atoms with E-state index in [9.17, 15) is 19.5 Å². The molecular weight excluding hydrogens is 536 g/mol. The van der Waals surface area contributed by atoms with E-state index in [1.807, 2.05) is 30.3 Å². The van der Waals surface area contributed by atoms with E-state index in [2.05, 4.69) is 15.9 Å². The summed E-state index contributed by atoms with van der Waals surface area (Å²) < 4.78 is 3.77. The third-order valence-corrected chi connectivity index (χ3v) is 7.83. The van der Waals surface area contributed by atoms with Crippen molar-refractivity contribution in [1.29, 1.82) is 0 Å². The van der Waals surface area contributed by atoms with Crippen LogP contribution in [0.15, 0.2) is 57.8 Å². The molecule has 5 rings (SSSR count). The Kier molecular flexibility index (Phi) is 6.57. The number of aliphatic hydroxyl groups is 1. The predicted octanol–water partition coefficient (Wildman–Crippen LogP) is 2.99. The van der Waals surface area contributed by atoms with E-state index in [0.717, 1.165) is 5.56 Å². The standard InChI is InChI=1S/C25H24BrClN4O4/c26-19-7-6-18(10-20(19)27)23(33)28-8-9-30-21(14-28)22-24(34)29(11-16-4-2-1-3-5-16)12-17(15-32)13-31(22)25(30)35/h1-7,10,17,32H,8-9,11-15H2/t17-/m1/s1. The minimum absolute atomic E-state index is 0.138. The fraction of sp³-hybridized carbons (Fsp3) is 0.320. The number of hydrogen-bond acceptors (Lipinski definition) is 4. The number of imidazole rings is 1. The van der Waals surface area contributed by atoms with Crippen molar-refractivity contribution in [3.8, 4) is 0 Å². The van der Waals surface area contributed by atoms with Gasteiger partial charge in [0.2, 0.25) is 0 Å². The van der Waals surface area contributed by atoms with E-state index in [1.54, 1.807) is 32.6 Å². The molecule has 8 nitrogen and oxygen atoms in total. The average molecular weight is 560 g/mol. The van der Waals surface area contributed by atoms with Gasteiger partial charge in [0, 0.05) is 55.3 Å². The Bertz CT molecular complexity index is 1350. The van der Waals surface area contributed by atoms with Crippen molar-refractivity contribution in [2.75, 3.05) is 19.7 Å². The fourth-order valence-corrected chi connectivity index (χ4v) is 5.25. The molecule has 1 aromatic heterocycles. The van der Waals surface area contributed by atoms with E-state index in [1.165, 1.54) is 4.57 Å². The zero-order chi connectivity index (χ0) is 24.7. The quantitative estimate of drug-likeness (QED) is 0.533. The first-order valence-electron chi connectivity index (χ1n) is 11.4. The molecule has 3 heterocycles. The zero-order valence-electron chi connectivity index (χ0n) is 18.9. The highest BCUT2D eigenvalue weighted by molar-refractivity contribution is 9.10. The van der Waals surface area contributed by atoms with E-state index < -0.39 is 0 Å². The molecule has 35 heavy (non-hydrogen) atoms. The van der Waals surface area contributed by atoms with Crippen LogP contribution in [0.5, 0.6) is 0 Å². The van der Waals surface area contributed by atoms with Crippen molar-refractivity contribution in [3.63, 3.8) is 0 Å². The van der Waals surface area contributed by atoms with Crippen LogP contribution in [-0.2, 0) is 26.2 Å². The first kappa shape index (κ1) is 23.8. The molecule has 0 bridgehead atoms. The highest BCUT2D eigenvalue weighted by Crippen LogP contribution is 2.27. The summed E-state index contributed by atoms with van der Waals surface area (Å²) in [6, 6.07) is 14.6. The maximum Gasteiger partial charge on any atom is 0.329 e. The molecule has 0 spiro atoms. The fourth-order valence-electron chi connectivity index (χ4n) is 4.82. The summed E-state index contributed by atoms with van der Waals surface area (Å²) >= 11 is 9.52. The van der Waals surface area contributed by atoms with Crippen molar-refractivity contribution in [1.82, 2.24) is 18.9 Å². The number of aromatic nitrogens is 2. The van der Waals surface area contributed by atoms with Crippen LogP contribution in [0.1, 0.15) is 32.1 Å². The summed E-state index contributed by atoms with van der Waals surface area (Å²) in [6.45, 7) is 1.59. The molecule has 0 aliphatic carbocycles. The van der Waals surface area contributed by atoms with Crippen LogP contribution in [0.2, 0.25) is 5.02 Å². The smallest absolute Gasteiger partial charge is 0.329 e. The Hall–Kier alpha value is -2.88. The molecular formula is C25H24BrClN4O4. The lowest BCUT2D eigenvalue weighted by Crippen LogP contribution is -2.42. The van der Waals surface area contributed by atoms with Gasteiger partial charge in [-0.05, 0) is 39.7 Å². The highest BCUT2D eigenvalue weighted by Gasteiger charge is 2.36. The first-order valence-corrected chi connectivity index (χ1v) is 12.5. The summed E-state index contributed by atoms with van der Waals surface area (Å²) in [5, 5.41) is 10.4. The van der Waals surface area contributed by atoms with Gasteiger partial charge in [-0.25, -0.2) is 4.79 Å². The minimum atomic E-state index is -0.276. The Morgan fingerprint density at radius 2 is 1.83 bits per heavy atom. The van der Waals surface area contributed by atoms with Crippen LogP contribution in [0.3, 0.4) is 0 Å². The molecule has 1 N–H and O–H groups in total. The van der Waals surface area contributed by atoms with E-state index in [0.29, 0.717) is 52.6 Å². The van der Waals surface area contributed by atoms with Gasteiger partial charge in [-0.15, -0.1) is 0 Å². The molecule has 2 aliphatic heterocycles. The number of rotatable bonds is 4. The number of carbonyl (C=O) groups is 2. The Morgan fingerprint density at radius 3 is 2.54 bits per heavy atom. The van der Waals surface area contributed by atoms with Crippen molar-refractivity contribution in [2.24, 2.45) is 5.92 Å². The van der Waals surface area contributed by atoms with Gasteiger partial charge < -0.3 is 14.9 Å². The number of halogens is 2. The third kappa shape index (κ3) is 4.44. The summed E-state index contributed by atoms with van der Waals surface area (Å²) in [7, 11) is 0. The average Bonchev–Trinajstić information content (AvgIpc) is 3.05. The van der Waals surface area contributed by atoms with Gasteiger partial charge in [0.25, 0.3) is 11.8 Å². The number of amides is 2. The van der Waals surface area contributed by atoms with E-state index >= 15 is 0 Å². The normalized spacial score (nSPS) is 17.7. The van der Waals surface area contributed by atoms with E-state index in [-0.39, 0.29) is 43.1 Å². The van der Waals surface area contributed by atoms with Crippen molar-refractivity contribution >= 4 is 39.3 Å². The molecule has 0 fully saturated rings. The summed E-state index contributed by atoms with van der Waals surface area (Å²) in [4.78, 5) is 43.6. The van der Waals surface area contributed by atoms with Gasteiger partial charge in [0.05, 0.1) is 17.3 Å². The van der Waals surface area contributed by atoms with Crippen molar-refractivity contribution in [2.45, 2.75) is 26.2 Å². The third-order valence-electron chi connectivity index (χ3n) is 6.60. The number of carbonyl (C=O) groups excluding carboxylic acids is 2. The molecule has 2 aliphatic rings. The lowest BCUT2D eigenvalue weighted by molar-refractivity contribution is 0.0672. The van der Waals surface area contributed by atoms with Crippen LogP contribution in [0.4, 0.5) is 0 Å². The number of nitrogens with zero attached hydrogens (tertiary/aromatic N) is 4. The molecule has 2 amide bonds. The second-order valence-corrected chi connectivity index (χ2v) is 10.2.